The van der Waals surface area contributed by atoms with E-state index in [-0.39, 0.29) is 29.3 Å². The minimum absolute atomic E-state index is 0.105. The second kappa shape index (κ2) is 5.88. The van der Waals surface area contributed by atoms with E-state index in [1.807, 2.05) is 6.07 Å². The largest absolute Gasteiger partial charge is 0.312 e. The molecule has 0 radical (unpaired) electrons. The minimum atomic E-state index is -0.523. The number of amides is 1. The van der Waals surface area contributed by atoms with E-state index < -0.39 is 10.8 Å². The van der Waals surface area contributed by atoms with Crippen LogP contribution in [0.5, 0.6) is 0 Å². The average molecular weight is 317 g/mol. The van der Waals surface area contributed by atoms with Crippen molar-refractivity contribution in [3.8, 4) is 6.07 Å². The van der Waals surface area contributed by atoms with Gasteiger partial charge in [-0.1, -0.05) is 0 Å². The Hall–Kier alpha value is -3.22. The maximum Gasteiger partial charge on any atom is 0.312 e. The first-order chi connectivity index (χ1) is 10.8. The van der Waals surface area contributed by atoms with Gasteiger partial charge in [0, 0.05) is 7.05 Å². The highest BCUT2D eigenvalue weighted by Gasteiger charge is 2.23. The second-order valence-electron chi connectivity index (χ2n) is 5.03. The number of carbonyl (C=O) groups excluding carboxylic acids is 1. The SMILES string of the molecule is Cc1nn(C)c(NC(=O)Cn2nc(C)c([N+](=O)[O-])c2C)c1C#N. The van der Waals surface area contributed by atoms with Crippen LogP contribution >= 0.6 is 0 Å². The molecule has 0 aliphatic rings. The molecule has 0 aliphatic heterocycles. The Bertz CT molecular complexity index is 841. The number of nitrogens with one attached hydrogen (secondary N) is 1. The first-order valence-electron chi connectivity index (χ1n) is 6.68. The molecule has 0 atom stereocenters. The number of nitrogens with zero attached hydrogens (tertiary/aromatic N) is 6. The summed E-state index contributed by atoms with van der Waals surface area (Å²) in [6.45, 7) is 4.51. The standard InChI is InChI=1S/C13H15N7O3/c1-7-10(5-14)13(18(4)16-7)15-11(21)6-19-9(3)12(20(22)23)8(2)17-19/h6H2,1-4H3,(H,15,21). The summed E-state index contributed by atoms with van der Waals surface area (Å²) in [5, 5.41) is 30.8. The lowest BCUT2D eigenvalue weighted by atomic mass is 10.2. The van der Waals surface area contributed by atoms with Gasteiger partial charge in [0.15, 0.2) is 0 Å². The van der Waals surface area contributed by atoms with Crippen LogP contribution in [0.1, 0.15) is 22.6 Å². The minimum Gasteiger partial charge on any atom is -0.308 e. The van der Waals surface area contributed by atoms with Crippen LogP contribution in [0.2, 0.25) is 0 Å². The van der Waals surface area contributed by atoms with Crippen molar-refractivity contribution in [2.24, 2.45) is 7.05 Å². The van der Waals surface area contributed by atoms with E-state index in [4.69, 9.17) is 5.26 Å². The maximum atomic E-state index is 12.2. The fraction of sp³-hybridized carbons (Fsp3) is 0.385. The molecule has 0 saturated carbocycles. The zero-order chi connectivity index (χ0) is 17.3. The van der Waals surface area contributed by atoms with E-state index in [1.54, 1.807) is 14.0 Å². The van der Waals surface area contributed by atoms with Crippen molar-refractivity contribution in [3.05, 3.63) is 32.8 Å². The topological polar surface area (TPSA) is 132 Å². The monoisotopic (exact) mass is 317 g/mol. The highest BCUT2D eigenvalue weighted by Crippen LogP contribution is 2.22. The Morgan fingerprint density at radius 2 is 2.00 bits per heavy atom. The molecule has 1 amide bonds. The lowest BCUT2D eigenvalue weighted by Crippen LogP contribution is -2.22. The van der Waals surface area contributed by atoms with Crippen LogP contribution in [-0.2, 0) is 18.4 Å². The van der Waals surface area contributed by atoms with Gasteiger partial charge >= 0.3 is 5.69 Å². The third kappa shape index (κ3) is 2.89. The Labute approximate surface area is 131 Å². The average Bonchev–Trinajstić information content (AvgIpc) is 2.86. The normalized spacial score (nSPS) is 10.4. The molecule has 2 aromatic rings. The summed E-state index contributed by atoms with van der Waals surface area (Å²) in [5.41, 5.74) is 1.22. The van der Waals surface area contributed by atoms with Crippen LogP contribution in [0.3, 0.4) is 0 Å². The van der Waals surface area contributed by atoms with Gasteiger partial charge in [0.25, 0.3) is 0 Å². The summed E-state index contributed by atoms with van der Waals surface area (Å²) in [5.74, 6) is -0.170. The van der Waals surface area contributed by atoms with E-state index in [9.17, 15) is 14.9 Å². The zero-order valence-electron chi connectivity index (χ0n) is 13.1. The Balaban J connectivity index is 2.24. The van der Waals surface area contributed by atoms with Gasteiger partial charge < -0.3 is 5.32 Å². The zero-order valence-corrected chi connectivity index (χ0v) is 13.1. The molecule has 0 unspecified atom stereocenters. The van der Waals surface area contributed by atoms with Crippen LogP contribution in [0.25, 0.3) is 0 Å². The predicted molar refractivity (Wildman–Crippen MR) is 79.6 cm³/mol. The number of aryl methyl sites for hydroxylation is 3. The van der Waals surface area contributed by atoms with Crippen LogP contribution < -0.4 is 5.32 Å². The Morgan fingerprint density at radius 1 is 1.35 bits per heavy atom. The van der Waals surface area contributed by atoms with Crippen LogP contribution in [0.4, 0.5) is 11.5 Å². The Morgan fingerprint density at radius 3 is 2.52 bits per heavy atom. The van der Waals surface area contributed by atoms with Crippen molar-refractivity contribution < 1.29 is 9.72 Å². The summed E-state index contributed by atoms with van der Waals surface area (Å²) < 4.78 is 2.66. The lowest BCUT2D eigenvalue weighted by Gasteiger charge is -2.07. The van der Waals surface area contributed by atoms with Crippen molar-refractivity contribution >= 4 is 17.4 Å². The number of rotatable bonds is 4. The number of hydrogen-bond acceptors (Lipinski definition) is 6. The summed E-state index contributed by atoms with van der Waals surface area (Å²) in [7, 11) is 1.61. The van der Waals surface area contributed by atoms with Gasteiger partial charge in [-0.3, -0.25) is 24.3 Å². The van der Waals surface area contributed by atoms with Crippen molar-refractivity contribution in [2.75, 3.05) is 5.32 Å². The van der Waals surface area contributed by atoms with E-state index in [1.165, 1.54) is 23.2 Å². The molecule has 10 heteroatoms. The van der Waals surface area contributed by atoms with Gasteiger partial charge in [0.2, 0.25) is 5.91 Å². The first kappa shape index (κ1) is 16.2. The molecular formula is C13H15N7O3. The third-order valence-corrected chi connectivity index (χ3v) is 3.41. The summed E-state index contributed by atoms with van der Waals surface area (Å²) in [6, 6.07) is 1.98. The lowest BCUT2D eigenvalue weighted by molar-refractivity contribution is -0.386. The van der Waals surface area contributed by atoms with Gasteiger partial charge in [-0.2, -0.15) is 15.5 Å². The Kier molecular flexibility index (Phi) is 4.13. The fourth-order valence-corrected chi connectivity index (χ4v) is 2.35. The van der Waals surface area contributed by atoms with E-state index in [2.05, 4.69) is 15.5 Å². The van der Waals surface area contributed by atoms with Gasteiger partial charge in [0.1, 0.15) is 35.4 Å². The smallest absolute Gasteiger partial charge is 0.308 e. The molecule has 0 bridgehead atoms. The number of hydrogen-bond donors (Lipinski definition) is 1. The van der Waals surface area contributed by atoms with Crippen molar-refractivity contribution in [1.82, 2.24) is 19.6 Å². The van der Waals surface area contributed by atoms with Gasteiger partial charge in [-0.25, -0.2) is 0 Å². The van der Waals surface area contributed by atoms with E-state index >= 15 is 0 Å². The molecule has 2 aromatic heterocycles. The molecule has 0 spiro atoms. The molecule has 1 N–H and O–H groups in total. The molecule has 10 nitrogen and oxygen atoms in total. The fourth-order valence-electron chi connectivity index (χ4n) is 2.35. The van der Waals surface area contributed by atoms with Crippen molar-refractivity contribution in [1.29, 1.82) is 5.26 Å². The van der Waals surface area contributed by atoms with Gasteiger partial charge in [0.05, 0.1) is 10.6 Å². The third-order valence-electron chi connectivity index (χ3n) is 3.41. The second-order valence-corrected chi connectivity index (χ2v) is 5.03. The number of aromatic nitrogens is 4. The number of anilines is 1. The van der Waals surface area contributed by atoms with Gasteiger partial charge in [-0.05, 0) is 20.8 Å². The molecule has 0 aromatic carbocycles. The first-order valence-corrected chi connectivity index (χ1v) is 6.68. The number of nitro groups is 1. The summed E-state index contributed by atoms with van der Waals surface area (Å²) in [4.78, 5) is 22.6. The molecule has 2 rings (SSSR count). The van der Waals surface area contributed by atoms with Crippen molar-refractivity contribution in [2.45, 2.75) is 27.3 Å². The van der Waals surface area contributed by atoms with E-state index in [0.717, 1.165) is 0 Å². The van der Waals surface area contributed by atoms with Crippen LogP contribution in [0, 0.1) is 42.2 Å². The van der Waals surface area contributed by atoms with Gasteiger partial charge in [-0.15, -0.1) is 0 Å². The van der Waals surface area contributed by atoms with E-state index in [0.29, 0.717) is 11.4 Å². The quantitative estimate of drug-likeness (QED) is 0.660. The van der Waals surface area contributed by atoms with Crippen molar-refractivity contribution in [3.63, 3.8) is 0 Å². The summed E-state index contributed by atoms with van der Waals surface area (Å²) >= 11 is 0. The maximum absolute atomic E-state index is 12.2. The highest BCUT2D eigenvalue weighted by molar-refractivity contribution is 5.91. The molecule has 0 saturated heterocycles. The number of carbonyl (C=O) groups is 1. The molecule has 0 aliphatic carbocycles. The predicted octanol–water partition coefficient (Wildman–Crippen LogP) is 0.960. The van der Waals surface area contributed by atoms with Crippen LogP contribution in [-0.4, -0.2) is 30.4 Å². The molecule has 2 heterocycles. The molecular weight excluding hydrogens is 302 g/mol. The molecule has 23 heavy (non-hydrogen) atoms. The molecule has 0 fully saturated rings. The molecule has 120 valence electrons. The number of nitriles is 1. The summed E-state index contributed by atoms with van der Waals surface area (Å²) in [6.07, 6.45) is 0. The highest BCUT2D eigenvalue weighted by atomic mass is 16.6. The van der Waals surface area contributed by atoms with Crippen LogP contribution in [0.15, 0.2) is 0 Å².